The predicted molar refractivity (Wildman–Crippen MR) is 81.4 cm³/mol. The molecule has 1 unspecified atom stereocenters. The lowest BCUT2D eigenvalue weighted by molar-refractivity contribution is 0.157. The third-order valence-corrected chi connectivity index (χ3v) is 3.00. The van der Waals surface area contributed by atoms with Gasteiger partial charge in [0.2, 0.25) is 0 Å². The van der Waals surface area contributed by atoms with Crippen molar-refractivity contribution in [3.8, 4) is 5.75 Å². The number of aryl methyl sites for hydroxylation is 1. The molecule has 19 heavy (non-hydrogen) atoms. The molecule has 0 bridgehead atoms. The first kappa shape index (κ1) is 17.9. The maximum atomic E-state index is 9.72. The fourth-order valence-electron chi connectivity index (χ4n) is 1.73. The Hall–Kier alpha value is -1.06. The summed E-state index contributed by atoms with van der Waals surface area (Å²) in [6.45, 7) is 12.9. The molecule has 0 aliphatic heterocycles. The van der Waals surface area contributed by atoms with Crippen LogP contribution in [0.5, 0.6) is 5.75 Å². The van der Waals surface area contributed by atoms with Crippen LogP contribution in [0.4, 0.5) is 0 Å². The maximum absolute atomic E-state index is 9.72. The van der Waals surface area contributed by atoms with Gasteiger partial charge in [0.15, 0.2) is 0 Å². The van der Waals surface area contributed by atoms with Crippen LogP contribution in [0.3, 0.4) is 0 Å². The predicted octanol–water partition coefficient (Wildman–Crippen LogP) is 3.22. The van der Waals surface area contributed by atoms with E-state index in [2.05, 4.69) is 26.1 Å². The third-order valence-electron chi connectivity index (χ3n) is 3.00. The summed E-state index contributed by atoms with van der Waals surface area (Å²) in [6, 6.07) is 5.56. The Labute approximate surface area is 117 Å². The zero-order chi connectivity index (χ0) is 15.1. The lowest BCUT2D eigenvalue weighted by Crippen LogP contribution is -2.42. The van der Waals surface area contributed by atoms with Gasteiger partial charge in [0, 0.05) is 18.2 Å². The number of nitrogens with one attached hydrogen (secondary N) is 1. The first-order valence-electron chi connectivity index (χ1n) is 6.97. The molecule has 0 heterocycles. The van der Waals surface area contributed by atoms with Gasteiger partial charge < -0.3 is 15.5 Å². The van der Waals surface area contributed by atoms with Crippen LogP contribution in [0.15, 0.2) is 18.2 Å². The van der Waals surface area contributed by atoms with E-state index < -0.39 is 0 Å². The minimum absolute atomic E-state index is 0.00576. The number of rotatable bonds is 4. The van der Waals surface area contributed by atoms with Crippen molar-refractivity contribution >= 4 is 0 Å². The van der Waals surface area contributed by atoms with E-state index in [9.17, 15) is 10.2 Å². The number of hydrogen-bond donors (Lipinski definition) is 3. The average Bonchev–Trinajstić information content (AvgIpc) is 2.35. The highest BCUT2D eigenvalue weighted by atomic mass is 16.3. The van der Waals surface area contributed by atoms with Gasteiger partial charge in [0.25, 0.3) is 0 Å². The van der Waals surface area contributed by atoms with Crippen molar-refractivity contribution in [2.24, 2.45) is 5.41 Å². The van der Waals surface area contributed by atoms with Crippen molar-refractivity contribution in [2.45, 2.75) is 54.1 Å². The minimum atomic E-state index is -0.00576. The van der Waals surface area contributed by atoms with E-state index in [1.54, 1.807) is 6.07 Å². The average molecular weight is 267 g/mol. The maximum Gasteiger partial charge on any atom is 0.120 e. The van der Waals surface area contributed by atoms with Gasteiger partial charge in [0.1, 0.15) is 5.75 Å². The molecule has 0 fully saturated rings. The molecule has 3 nitrogen and oxygen atoms in total. The highest BCUT2D eigenvalue weighted by Crippen LogP contribution is 2.21. The highest BCUT2D eigenvalue weighted by molar-refractivity contribution is 5.35. The van der Waals surface area contributed by atoms with Gasteiger partial charge in [0.05, 0.1) is 6.61 Å². The second-order valence-corrected chi connectivity index (χ2v) is 5.61. The van der Waals surface area contributed by atoms with E-state index >= 15 is 0 Å². The molecule has 1 aromatic rings. The van der Waals surface area contributed by atoms with Crippen LogP contribution in [0.1, 0.15) is 45.7 Å². The molecule has 0 spiro atoms. The number of benzene rings is 1. The van der Waals surface area contributed by atoms with Crippen molar-refractivity contribution in [3.63, 3.8) is 0 Å². The molecule has 0 saturated heterocycles. The van der Waals surface area contributed by atoms with Crippen LogP contribution in [0.25, 0.3) is 0 Å². The number of phenolic OH excluding ortho intramolecular Hbond substituents is 1. The molecule has 110 valence electrons. The fourth-order valence-corrected chi connectivity index (χ4v) is 1.73. The second-order valence-electron chi connectivity index (χ2n) is 5.61. The van der Waals surface area contributed by atoms with Crippen LogP contribution < -0.4 is 5.32 Å². The van der Waals surface area contributed by atoms with Gasteiger partial charge in [-0.3, -0.25) is 0 Å². The third kappa shape index (κ3) is 6.08. The summed E-state index contributed by atoms with van der Waals surface area (Å²) in [5, 5.41) is 22.3. The normalized spacial score (nSPS) is 12.6. The van der Waals surface area contributed by atoms with E-state index in [1.807, 2.05) is 32.9 Å². The summed E-state index contributed by atoms with van der Waals surface area (Å²) in [5.41, 5.74) is 1.98. The Morgan fingerprint density at radius 1 is 1.21 bits per heavy atom. The first-order chi connectivity index (χ1) is 8.84. The SMILES string of the molecule is CC.Cc1ccc(O)c(CNC(CO)C(C)(C)C)c1. The summed E-state index contributed by atoms with van der Waals surface area (Å²) in [4.78, 5) is 0. The Bertz CT molecular complexity index is 370. The summed E-state index contributed by atoms with van der Waals surface area (Å²) in [5.74, 6) is 0.300. The lowest BCUT2D eigenvalue weighted by atomic mass is 9.87. The van der Waals surface area contributed by atoms with Gasteiger partial charge in [-0.25, -0.2) is 0 Å². The summed E-state index contributed by atoms with van der Waals surface area (Å²) in [6.07, 6.45) is 0. The molecule has 3 heteroatoms. The van der Waals surface area contributed by atoms with E-state index in [1.165, 1.54) is 0 Å². The first-order valence-corrected chi connectivity index (χ1v) is 6.97. The molecule has 3 N–H and O–H groups in total. The molecular weight excluding hydrogens is 238 g/mol. The van der Waals surface area contributed by atoms with Gasteiger partial charge in [-0.2, -0.15) is 0 Å². The fraction of sp³-hybridized carbons (Fsp3) is 0.625. The largest absolute Gasteiger partial charge is 0.508 e. The van der Waals surface area contributed by atoms with Crippen LogP contribution in [-0.2, 0) is 6.54 Å². The smallest absolute Gasteiger partial charge is 0.120 e. The Balaban J connectivity index is 0.00000154. The number of hydrogen-bond acceptors (Lipinski definition) is 3. The number of aromatic hydroxyl groups is 1. The van der Waals surface area contributed by atoms with Crippen LogP contribution in [-0.4, -0.2) is 22.9 Å². The standard InChI is InChI=1S/C14H23NO2.C2H6/c1-10-5-6-12(17)11(7-10)8-15-13(9-16)14(2,3)4;1-2/h5-7,13,15-17H,8-9H2,1-4H3;1-2H3. The van der Waals surface area contributed by atoms with E-state index in [0.717, 1.165) is 11.1 Å². The zero-order valence-electron chi connectivity index (χ0n) is 13.1. The molecule has 0 aliphatic rings. The van der Waals surface area contributed by atoms with E-state index in [-0.39, 0.29) is 18.1 Å². The molecule has 0 aromatic heterocycles. The number of phenols is 1. The Morgan fingerprint density at radius 2 is 1.79 bits per heavy atom. The van der Waals surface area contributed by atoms with Gasteiger partial charge in [-0.1, -0.05) is 52.3 Å². The van der Waals surface area contributed by atoms with Gasteiger partial charge >= 0.3 is 0 Å². The molecule has 0 radical (unpaired) electrons. The molecule has 0 aliphatic carbocycles. The van der Waals surface area contributed by atoms with Gasteiger partial charge in [-0.05, 0) is 18.4 Å². The van der Waals surface area contributed by atoms with Crippen LogP contribution in [0.2, 0.25) is 0 Å². The molecule has 1 aromatic carbocycles. The minimum Gasteiger partial charge on any atom is -0.508 e. The topological polar surface area (TPSA) is 52.5 Å². The van der Waals surface area contributed by atoms with Crippen molar-refractivity contribution in [2.75, 3.05) is 6.61 Å². The van der Waals surface area contributed by atoms with Gasteiger partial charge in [-0.15, -0.1) is 0 Å². The quantitative estimate of drug-likeness (QED) is 0.785. The second kappa shape index (κ2) is 8.18. The number of aliphatic hydroxyl groups is 1. The molecule has 1 rings (SSSR count). The van der Waals surface area contributed by atoms with Crippen LogP contribution in [0, 0.1) is 12.3 Å². The monoisotopic (exact) mass is 267 g/mol. The summed E-state index contributed by atoms with van der Waals surface area (Å²) < 4.78 is 0. The molecule has 1 atom stereocenters. The van der Waals surface area contributed by atoms with Crippen molar-refractivity contribution in [1.82, 2.24) is 5.32 Å². The number of aliphatic hydroxyl groups excluding tert-OH is 1. The molecule has 0 saturated carbocycles. The van der Waals surface area contributed by atoms with E-state index in [0.29, 0.717) is 12.3 Å². The Morgan fingerprint density at radius 3 is 2.26 bits per heavy atom. The van der Waals surface area contributed by atoms with E-state index in [4.69, 9.17) is 0 Å². The highest BCUT2D eigenvalue weighted by Gasteiger charge is 2.23. The molecular formula is C16H29NO2. The summed E-state index contributed by atoms with van der Waals surface area (Å²) >= 11 is 0. The summed E-state index contributed by atoms with van der Waals surface area (Å²) in [7, 11) is 0. The van der Waals surface area contributed by atoms with Crippen molar-refractivity contribution in [3.05, 3.63) is 29.3 Å². The van der Waals surface area contributed by atoms with Crippen LogP contribution >= 0.6 is 0 Å². The van der Waals surface area contributed by atoms with Crippen molar-refractivity contribution in [1.29, 1.82) is 0 Å². The molecule has 0 amide bonds. The lowest BCUT2D eigenvalue weighted by Gasteiger charge is -2.30. The van der Waals surface area contributed by atoms with Crippen molar-refractivity contribution < 1.29 is 10.2 Å². The Kier molecular flexibility index (Phi) is 7.72. The zero-order valence-corrected chi connectivity index (χ0v) is 13.1.